The summed E-state index contributed by atoms with van der Waals surface area (Å²) in [5.74, 6) is 0. The number of rotatable bonds is 1. The van der Waals surface area contributed by atoms with E-state index in [0.29, 0.717) is 0 Å². The highest BCUT2D eigenvalue weighted by Gasteiger charge is 2.17. The molecule has 6 aromatic carbocycles. The Morgan fingerprint density at radius 3 is 2.08 bits per heavy atom. The van der Waals surface area contributed by atoms with Crippen LogP contribution in [0.3, 0.4) is 0 Å². The summed E-state index contributed by atoms with van der Waals surface area (Å²) >= 11 is 1.86. The molecule has 3 aromatic heterocycles. The van der Waals surface area contributed by atoms with E-state index in [1.54, 1.807) is 0 Å². The number of nitrogens with zero attached hydrogens (tertiary/aromatic N) is 2. The van der Waals surface area contributed by atoms with Crippen molar-refractivity contribution in [3.63, 3.8) is 0 Å². The van der Waals surface area contributed by atoms with E-state index in [1.807, 2.05) is 17.5 Å². The molecule has 176 valence electrons. The fourth-order valence-electron chi connectivity index (χ4n) is 6.34. The van der Waals surface area contributed by atoms with E-state index in [-0.39, 0.29) is 0 Å². The first-order valence-corrected chi connectivity index (χ1v) is 13.7. The van der Waals surface area contributed by atoms with Crippen LogP contribution in [0.2, 0.25) is 0 Å². The van der Waals surface area contributed by atoms with Gasteiger partial charge in [-0.15, -0.1) is 11.3 Å². The van der Waals surface area contributed by atoms with Crippen molar-refractivity contribution in [3.05, 3.63) is 121 Å². The number of aromatic nitrogens is 2. The van der Waals surface area contributed by atoms with Gasteiger partial charge >= 0.3 is 0 Å². The first-order chi connectivity index (χ1) is 18.8. The zero-order valence-electron chi connectivity index (χ0n) is 20.3. The second kappa shape index (κ2) is 7.41. The average Bonchev–Trinajstić information content (AvgIpc) is 3.51. The van der Waals surface area contributed by atoms with Gasteiger partial charge < -0.3 is 4.57 Å². The summed E-state index contributed by atoms with van der Waals surface area (Å²) < 4.78 is 5.03. The number of pyridine rings is 1. The average molecular weight is 501 g/mol. The molecule has 0 saturated heterocycles. The van der Waals surface area contributed by atoms with Gasteiger partial charge in [0.2, 0.25) is 0 Å². The molecule has 0 bridgehead atoms. The maximum absolute atomic E-state index is 4.92. The molecule has 38 heavy (non-hydrogen) atoms. The summed E-state index contributed by atoms with van der Waals surface area (Å²) in [6.07, 6.45) is 1.92. The zero-order chi connectivity index (χ0) is 24.8. The fourth-order valence-corrected chi connectivity index (χ4v) is 7.47. The van der Waals surface area contributed by atoms with Crippen LogP contribution in [0.25, 0.3) is 80.1 Å². The number of thiophene rings is 1. The lowest BCUT2D eigenvalue weighted by atomic mass is 9.94. The SMILES string of the molecule is c1ccc(-n2c3ccccc3c3cc4c(cc32)c2cccnc2c2cc3sc5ccccc5c3cc42)cc1. The largest absolute Gasteiger partial charge is 0.309 e. The smallest absolute Gasteiger partial charge is 0.0787 e. The van der Waals surface area contributed by atoms with Crippen molar-refractivity contribution < 1.29 is 0 Å². The third-order valence-electron chi connectivity index (χ3n) is 7.99. The molecule has 0 radical (unpaired) electrons. The lowest BCUT2D eigenvalue weighted by Crippen LogP contribution is -1.93. The molecule has 0 atom stereocenters. The fraction of sp³-hybridized carbons (Fsp3) is 0. The van der Waals surface area contributed by atoms with E-state index in [0.717, 1.165) is 5.52 Å². The minimum Gasteiger partial charge on any atom is -0.309 e. The molecule has 0 aliphatic carbocycles. The van der Waals surface area contributed by atoms with Crippen LogP contribution in [0.1, 0.15) is 0 Å². The van der Waals surface area contributed by atoms with Crippen molar-refractivity contribution >= 4 is 85.8 Å². The Bertz CT molecular complexity index is 2390. The van der Waals surface area contributed by atoms with Crippen molar-refractivity contribution in [2.24, 2.45) is 0 Å². The number of para-hydroxylation sites is 2. The molecule has 0 aliphatic heterocycles. The minimum absolute atomic E-state index is 1.07. The predicted octanol–water partition coefficient (Wildman–Crippen LogP) is 10.0. The monoisotopic (exact) mass is 500 g/mol. The molecule has 0 amide bonds. The van der Waals surface area contributed by atoms with Gasteiger partial charge in [-0.1, -0.05) is 60.7 Å². The highest BCUT2D eigenvalue weighted by Crippen LogP contribution is 2.43. The molecule has 0 unspecified atom stereocenters. The van der Waals surface area contributed by atoms with Gasteiger partial charge in [0, 0.05) is 53.6 Å². The number of benzene rings is 6. The van der Waals surface area contributed by atoms with Crippen LogP contribution in [-0.2, 0) is 0 Å². The lowest BCUT2D eigenvalue weighted by molar-refractivity contribution is 1.18. The summed E-state index contributed by atoms with van der Waals surface area (Å²) in [4.78, 5) is 4.92. The Labute approximate surface area is 222 Å². The summed E-state index contributed by atoms with van der Waals surface area (Å²) in [5, 5.41) is 11.4. The first kappa shape index (κ1) is 20.3. The van der Waals surface area contributed by atoms with Crippen molar-refractivity contribution in [2.45, 2.75) is 0 Å². The number of hydrogen-bond donors (Lipinski definition) is 0. The maximum atomic E-state index is 4.92. The molecule has 0 aliphatic rings. The summed E-state index contributed by atoms with van der Waals surface area (Å²) in [7, 11) is 0. The predicted molar refractivity (Wildman–Crippen MR) is 164 cm³/mol. The summed E-state index contributed by atoms with van der Waals surface area (Å²) in [6.45, 7) is 0. The van der Waals surface area contributed by atoms with E-state index in [1.165, 1.54) is 74.6 Å². The zero-order valence-corrected chi connectivity index (χ0v) is 21.2. The molecule has 3 heterocycles. The van der Waals surface area contributed by atoms with E-state index in [2.05, 4.69) is 120 Å². The van der Waals surface area contributed by atoms with Gasteiger partial charge in [-0.3, -0.25) is 4.98 Å². The van der Waals surface area contributed by atoms with Crippen LogP contribution in [0.5, 0.6) is 0 Å². The molecule has 9 rings (SSSR count). The second-order valence-electron chi connectivity index (χ2n) is 9.99. The van der Waals surface area contributed by atoms with Crippen LogP contribution in [0, 0.1) is 0 Å². The standard InChI is InChI=1S/C35H20N2S/c1-2-9-21(10-3-1)37-31-14-6-4-11-22(31)28-17-25-26-18-29-23-12-5-7-15-33(23)38-34(29)20-30(26)35-24(13-8-16-36-35)27(25)19-32(28)37/h1-20H. The quantitative estimate of drug-likeness (QED) is 0.205. The maximum Gasteiger partial charge on any atom is 0.0787 e. The summed E-state index contributed by atoms with van der Waals surface area (Å²) in [6, 6.07) is 42.0. The molecular formula is C35H20N2S. The van der Waals surface area contributed by atoms with Gasteiger partial charge in [0.1, 0.15) is 0 Å². The van der Waals surface area contributed by atoms with Crippen LogP contribution in [-0.4, -0.2) is 9.55 Å². The van der Waals surface area contributed by atoms with Gasteiger partial charge in [0.05, 0.1) is 16.6 Å². The summed E-state index contributed by atoms with van der Waals surface area (Å²) in [5.41, 5.74) is 4.68. The Kier molecular flexibility index (Phi) is 3.96. The van der Waals surface area contributed by atoms with Crippen molar-refractivity contribution in [2.75, 3.05) is 0 Å². The Balaban J connectivity index is 1.54. The van der Waals surface area contributed by atoms with Crippen molar-refractivity contribution in [1.29, 1.82) is 0 Å². The third-order valence-corrected chi connectivity index (χ3v) is 9.12. The van der Waals surface area contributed by atoms with Gasteiger partial charge in [-0.25, -0.2) is 0 Å². The van der Waals surface area contributed by atoms with E-state index in [4.69, 9.17) is 4.98 Å². The Morgan fingerprint density at radius 2 is 1.16 bits per heavy atom. The lowest BCUT2D eigenvalue weighted by Gasteiger charge is -2.12. The molecule has 2 nitrogen and oxygen atoms in total. The van der Waals surface area contributed by atoms with E-state index in [9.17, 15) is 0 Å². The van der Waals surface area contributed by atoms with Crippen LogP contribution >= 0.6 is 11.3 Å². The highest BCUT2D eigenvalue weighted by atomic mass is 32.1. The van der Waals surface area contributed by atoms with Gasteiger partial charge in [0.25, 0.3) is 0 Å². The third kappa shape index (κ3) is 2.64. The van der Waals surface area contributed by atoms with E-state index < -0.39 is 0 Å². The van der Waals surface area contributed by atoms with Crippen molar-refractivity contribution in [1.82, 2.24) is 9.55 Å². The van der Waals surface area contributed by atoms with Crippen molar-refractivity contribution in [3.8, 4) is 5.69 Å². The Morgan fingerprint density at radius 1 is 0.447 bits per heavy atom. The topological polar surface area (TPSA) is 17.8 Å². The number of fused-ring (bicyclic) bond motifs is 12. The molecule has 0 saturated carbocycles. The molecule has 0 spiro atoms. The molecule has 3 heteroatoms. The number of hydrogen-bond acceptors (Lipinski definition) is 2. The molecule has 0 fully saturated rings. The van der Waals surface area contributed by atoms with Gasteiger partial charge in [-0.2, -0.15) is 0 Å². The van der Waals surface area contributed by atoms with Crippen LogP contribution in [0.15, 0.2) is 121 Å². The van der Waals surface area contributed by atoms with Crippen LogP contribution in [0.4, 0.5) is 0 Å². The van der Waals surface area contributed by atoms with E-state index >= 15 is 0 Å². The molecular weight excluding hydrogens is 480 g/mol. The van der Waals surface area contributed by atoms with Gasteiger partial charge in [0.15, 0.2) is 0 Å². The molecule has 0 N–H and O–H groups in total. The minimum atomic E-state index is 1.07. The van der Waals surface area contributed by atoms with Gasteiger partial charge in [-0.05, 0) is 70.8 Å². The molecule has 9 aromatic rings. The highest BCUT2D eigenvalue weighted by molar-refractivity contribution is 7.25. The normalized spacial score (nSPS) is 12.2. The van der Waals surface area contributed by atoms with Crippen LogP contribution < -0.4 is 0 Å². The second-order valence-corrected chi connectivity index (χ2v) is 11.1. The first-order valence-electron chi connectivity index (χ1n) is 12.9. The Hall–Kier alpha value is -4.73.